The highest BCUT2D eigenvalue weighted by molar-refractivity contribution is 7.99. The summed E-state index contributed by atoms with van der Waals surface area (Å²) in [5.74, 6) is 1.56. The van der Waals surface area contributed by atoms with Gasteiger partial charge in [-0.25, -0.2) is 18.4 Å². The molecule has 0 bridgehead atoms. The summed E-state index contributed by atoms with van der Waals surface area (Å²) < 4.78 is 36.7. The van der Waals surface area contributed by atoms with Crippen LogP contribution in [0.1, 0.15) is 0 Å². The van der Waals surface area contributed by atoms with Gasteiger partial charge in [-0.05, 0) is 0 Å². The van der Waals surface area contributed by atoms with E-state index in [1.165, 1.54) is 24.9 Å². The van der Waals surface area contributed by atoms with Gasteiger partial charge in [0.05, 0.1) is 14.2 Å². The predicted molar refractivity (Wildman–Crippen MR) is 71.2 cm³/mol. The average molecular weight is 305 g/mol. The van der Waals surface area contributed by atoms with Crippen LogP contribution in [-0.4, -0.2) is 61.5 Å². The van der Waals surface area contributed by atoms with Crippen molar-refractivity contribution in [2.24, 2.45) is 0 Å². The maximum atomic E-state index is 12.6. The molecule has 0 spiro atoms. The zero-order chi connectivity index (χ0) is 13.9. The Kier molecular flexibility index (Phi) is 4.48. The maximum absolute atomic E-state index is 12.6. The zero-order valence-electron chi connectivity index (χ0n) is 10.7. The highest BCUT2D eigenvalue weighted by Gasteiger charge is 2.33. The standard InChI is InChI=1S/C10H15N3O4S2/c1-16-9-8(10(17-2)12-7-11-9)19(14,15)13-3-5-18-6-4-13/h7H,3-6H2,1-2H3. The summed E-state index contributed by atoms with van der Waals surface area (Å²) in [4.78, 5) is 7.58. The summed E-state index contributed by atoms with van der Waals surface area (Å²) in [6.45, 7) is 0.933. The van der Waals surface area contributed by atoms with E-state index in [1.54, 1.807) is 11.8 Å². The smallest absolute Gasteiger partial charge is 0.253 e. The predicted octanol–water partition coefficient (Wildman–Crippen LogP) is 0.231. The molecule has 9 heteroatoms. The molecular weight excluding hydrogens is 290 g/mol. The molecule has 106 valence electrons. The van der Waals surface area contributed by atoms with E-state index in [4.69, 9.17) is 9.47 Å². The first kappa shape index (κ1) is 14.4. The second-order valence-corrected chi connectivity index (χ2v) is 6.84. The zero-order valence-corrected chi connectivity index (χ0v) is 12.3. The van der Waals surface area contributed by atoms with E-state index in [1.807, 2.05) is 0 Å². The van der Waals surface area contributed by atoms with Crippen LogP contribution in [-0.2, 0) is 10.0 Å². The number of nitrogens with zero attached hydrogens (tertiary/aromatic N) is 3. The molecule has 7 nitrogen and oxygen atoms in total. The third-order valence-electron chi connectivity index (χ3n) is 2.69. The lowest BCUT2D eigenvalue weighted by Gasteiger charge is -2.26. The molecule has 0 atom stereocenters. The van der Waals surface area contributed by atoms with Crippen molar-refractivity contribution in [3.63, 3.8) is 0 Å². The second-order valence-electron chi connectivity index (χ2n) is 3.74. The third kappa shape index (κ3) is 2.77. The van der Waals surface area contributed by atoms with E-state index in [9.17, 15) is 8.42 Å². The highest BCUT2D eigenvalue weighted by Crippen LogP contribution is 2.32. The fourth-order valence-corrected chi connectivity index (χ4v) is 4.54. The normalized spacial score (nSPS) is 17.2. The molecular formula is C10H15N3O4S2. The molecule has 1 aliphatic heterocycles. The van der Waals surface area contributed by atoms with Gasteiger partial charge in [0, 0.05) is 24.6 Å². The summed E-state index contributed by atoms with van der Waals surface area (Å²) >= 11 is 1.73. The summed E-state index contributed by atoms with van der Waals surface area (Å²) in [5, 5.41) is 0. The molecule has 0 unspecified atom stereocenters. The Morgan fingerprint density at radius 2 is 1.68 bits per heavy atom. The molecule has 1 aliphatic rings. The monoisotopic (exact) mass is 305 g/mol. The van der Waals surface area contributed by atoms with Gasteiger partial charge in [-0.2, -0.15) is 16.1 Å². The van der Waals surface area contributed by atoms with Crippen molar-refractivity contribution in [2.45, 2.75) is 4.90 Å². The molecule has 0 aromatic carbocycles. The lowest BCUT2D eigenvalue weighted by Crippen LogP contribution is -2.38. The van der Waals surface area contributed by atoms with Crippen LogP contribution in [0.25, 0.3) is 0 Å². The first-order valence-corrected chi connectivity index (χ1v) is 8.21. The summed E-state index contributed by atoms with van der Waals surface area (Å²) in [6.07, 6.45) is 1.21. The first-order chi connectivity index (χ1) is 9.11. The molecule has 2 rings (SSSR count). The van der Waals surface area contributed by atoms with Crippen molar-refractivity contribution in [2.75, 3.05) is 38.8 Å². The van der Waals surface area contributed by atoms with Crippen molar-refractivity contribution in [1.29, 1.82) is 0 Å². The van der Waals surface area contributed by atoms with Crippen molar-refractivity contribution < 1.29 is 17.9 Å². The van der Waals surface area contributed by atoms with Crippen molar-refractivity contribution >= 4 is 21.8 Å². The quantitative estimate of drug-likeness (QED) is 0.787. The molecule has 0 amide bonds. The third-order valence-corrected chi connectivity index (χ3v) is 5.55. The molecule has 1 fully saturated rings. The van der Waals surface area contributed by atoms with Gasteiger partial charge in [0.15, 0.2) is 0 Å². The molecule has 1 aromatic rings. The number of hydrogen-bond acceptors (Lipinski definition) is 7. The summed E-state index contributed by atoms with van der Waals surface area (Å²) in [7, 11) is -0.967. The van der Waals surface area contributed by atoms with Crippen LogP contribution in [0.2, 0.25) is 0 Å². The number of rotatable bonds is 4. The molecule has 0 radical (unpaired) electrons. The molecule has 19 heavy (non-hydrogen) atoms. The number of hydrogen-bond donors (Lipinski definition) is 0. The molecule has 0 saturated carbocycles. The van der Waals surface area contributed by atoms with Crippen LogP contribution in [0.5, 0.6) is 11.8 Å². The number of methoxy groups -OCH3 is 2. The molecule has 2 heterocycles. The Bertz CT molecular complexity index is 521. The van der Waals surface area contributed by atoms with Gasteiger partial charge < -0.3 is 9.47 Å². The van der Waals surface area contributed by atoms with E-state index in [0.717, 1.165) is 11.5 Å². The fraction of sp³-hybridized carbons (Fsp3) is 0.600. The highest BCUT2D eigenvalue weighted by atomic mass is 32.2. The Morgan fingerprint density at radius 3 is 2.16 bits per heavy atom. The number of sulfonamides is 1. The Balaban J connectivity index is 2.49. The van der Waals surface area contributed by atoms with Gasteiger partial charge in [-0.3, -0.25) is 0 Å². The van der Waals surface area contributed by atoms with Crippen molar-refractivity contribution in [3.8, 4) is 11.8 Å². The fourth-order valence-electron chi connectivity index (χ4n) is 1.77. The summed E-state index contributed by atoms with van der Waals surface area (Å²) in [5.41, 5.74) is 0. The average Bonchev–Trinajstić information content (AvgIpc) is 2.47. The molecule has 1 aromatic heterocycles. The Morgan fingerprint density at radius 1 is 1.16 bits per heavy atom. The molecule has 0 aliphatic carbocycles. The summed E-state index contributed by atoms with van der Waals surface area (Å²) in [6, 6.07) is 0. The van der Waals surface area contributed by atoms with E-state index in [-0.39, 0.29) is 16.7 Å². The number of aromatic nitrogens is 2. The topological polar surface area (TPSA) is 81.6 Å². The van der Waals surface area contributed by atoms with Crippen LogP contribution < -0.4 is 9.47 Å². The number of thioether (sulfide) groups is 1. The van der Waals surface area contributed by atoms with Crippen LogP contribution in [0, 0.1) is 0 Å². The van der Waals surface area contributed by atoms with E-state index < -0.39 is 10.0 Å². The number of ether oxygens (including phenoxy) is 2. The largest absolute Gasteiger partial charge is 0.480 e. The van der Waals surface area contributed by atoms with Crippen molar-refractivity contribution in [3.05, 3.63) is 6.33 Å². The van der Waals surface area contributed by atoms with Crippen LogP contribution >= 0.6 is 11.8 Å². The van der Waals surface area contributed by atoms with Gasteiger partial charge in [-0.15, -0.1) is 0 Å². The molecule has 1 saturated heterocycles. The SMILES string of the molecule is COc1ncnc(OC)c1S(=O)(=O)N1CCSCC1. The van der Waals surface area contributed by atoms with Crippen LogP contribution in [0.4, 0.5) is 0 Å². The Hall–Kier alpha value is -1.06. The maximum Gasteiger partial charge on any atom is 0.253 e. The minimum Gasteiger partial charge on any atom is -0.480 e. The van der Waals surface area contributed by atoms with Gasteiger partial charge >= 0.3 is 0 Å². The van der Waals surface area contributed by atoms with Crippen molar-refractivity contribution in [1.82, 2.24) is 14.3 Å². The minimum atomic E-state index is -3.70. The van der Waals surface area contributed by atoms with E-state index >= 15 is 0 Å². The minimum absolute atomic E-state index is 0.00470. The van der Waals surface area contributed by atoms with Crippen LogP contribution in [0.3, 0.4) is 0 Å². The lowest BCUT2D eigenvalue weighted by atomic mass is 10.6. The van der Waals surface area contributed by atoms with E-state index in [0.29, 0.717) is 13.1 Å². The van der Waals surface area contributed by atoms with E-state index in [2.05, 4.69) is 9.97 Å². The Labute approximate surface area is 116 Å². The van der Waals surface area contributed by atoms with Gasteiger partial charge in [0.25, 0.3) is 10.0 Å². The van der Waals surface area contributed by atoms with Crippen LogP contribution in [0.15, 0.2) is 11.2 Å². The molecule has 0 N–H and O–H groups in total. The first-order valence-electron chi connectivity index (χ1n) is 5.62. The second kappa shape index (κ2) is 5.93. The lowest BCUT2D eigenvalue weighted by molar-refractivity contribution is 0.344. The van der Waals surface area contributed by atoms with Gasteiger partial charge in [0.1, 0.15) is 6.33 Å². The van der Waals surface area contributed by atoms with Gasteiger partial charge in [-0.1, -0.05) is 0 Å². The van der Waals surface area contributed by atoms with Gasteiger partial charge in [0.2, 0.25) is 16.7 Å².